The number of carbonyl (C=O) groups is 2. The van der Waals surface area contributed by atoms with Gasteiger partial charge in [0.2, 0.25) is 0 Å². The van der Waals surface area contributed by atoms with Gasteiger partial charge in [-0.3, -0.25) is 0 Å². The molecule has 0 aliphatic heterocycles. The lowest BCUT2D eigenvalue weighted by molar-refractivity contribution is 0.0518. The van der Waals surface area contributed by atoms with Crippen molar-refractivity contribution >= 4 is 11.9 Å². The van der Waals surface area contributed by atoms with Crippen LogP contribution >= 0.6 is 0 Å². The zero-order valence-electron chi connectivity index (χ0n) is 18.7. The second-order valence-electron chi connectivity index (χ2n) is 6.46. The van der Waals surface area contributed by atoms with Gasteiger partial charge in [-0.1, -0.05) is 0 Å². The van der Waals surface area contributed by atoms with E-state index in [1.165, 1.54) is 22.0 Å². The van der Waals surface area contributed by atoms with Gasteiger partial charge in [0.25, 0.3) is 0 Å². The molecule has 0 amide bonds. The molecule has 176 valence electrons. The smallest absolute Gasteiger partial charge is 0.360 e. The largest absolute Gasteiger partial charge is 0.497 e. The van der Waals surface area contributed by atoms with Crippen LogP contribution in [0.25, 0.3) is 11.4 Å². The molecule has 0 radical (unpaired) electrons. The molecule has 12 nitrogen and oxygen atoms in total. The number of aromatic nitrogens is 6. The lowest BCUT2D eigenvalue weighted by Gasteiger charge is -2.01. The summed E-state index contributed by atoms with van der Waals surface area (Å²) in [5, 5.41) is 24.4. The van der Waals surface area contributed by atoms with Gasteiger partial charge in [-0.05, 0) is 55.5 Å². The Labute approximate surface area is 194 Å². The number of rotatable bonds is 7. The molecule has 4 aromatic rings. The fourth-order valence-corrected chi connectivity index (χ4v) is 2.60. The van der Waals surface area contributed by atoms with Gasteiger partial charge in [-0.2, -0.15) is 19.8 Å². The summed E-state index contributed by atoms with van der Waals surface area (Å²) in [5.41, 5.74) is 1.52. The zero-order valence-corrected chi connectivity index (χ0v) is 18.7. The second kappa shape index (κ2) is 11.2. The molecule has 34 heavy (non-hydrogen) atoms. The predicted molar refractivity (Wildman–Crippen MR) is 119 cm³/mol. The second-order valence-corrected chi connectivity index (χ2v) is 6.46. The van der Waals surface area contributed by atoms with Crippen LogP contribution in [0.15, 0.2) is 60.9 Å². The Morgan fingerprint density at radius 1 is 0.794 bits per heavy atom. The monoisotopic (exact) mass is 466 g/mol. The molecule has 0 saturated carbocycles. The first-order valence-electron chi connectivity index (χ1n) is 9.99. The van der Waals surface area contributed by atoms with E-state index in [1.807, 2.05) is 0 Å². The SMILES string of the molecule is CCOC(=O)c1cnn(-c2ccc(OC)cc2)n1.COc1ccc(-n2ncc(C(=O)O)n2)cc1. The molecule has 0 bridgehead atoms. The van der Waals surface area contributed by atoms with Crippen LogP contribution in [0.3, 0.4) is 0 Å². The predicted octanol–water partition coefficient (Wildman–Crippen LogP) is 2.43. The molecular formula is C22H22N6O6. The number of aromatic carboxylic acids is 1. The lowest BCUT2D eigenvalue weighted by Crippen LogP contribution is -2.06. The average Bonchev–Trinajstić information content (AvgIpc) is 3.56. The first kappa shape index (κ1) is 23.9. The Bertz CT molecular complexity index is 1230. The van der Waals surface area contributed by atoms with Crippen molar-refractivity contribution in [3.05, 3.63) is 72.3 Å². The lowest BCUT2D eigenvalue weighted by atomic mass is 10.3. The Hall–Kier alpha value is -4.74. The van der Waals surface area contributed by atoms with Crippen LogP contribution in [-0.4, -0.2) is 67.9 Å². The third-order valence-electron chi connectivity index (χ3n) is 4.29. The molecule has 1 N–H and O–H groups in total. The van der Waals surface area contributed by atoms with Crippen LogP contribution in [0.2, 0.25) is 0 Å². The highest BCUT2D eigenvalue weighted by Gasteiger charge is 2.12. The Balaban J connectivity index is 0.000000192. The minimum Gasteiger partial charge on any atom is -0.497 e. The maximum Gasteiger partial charge on any atom is 0.360 e. The molecule has 2 heterocycles. The number of hydrogen-bond acceptors (Lipinski definition) is 9. The van der Waals surface area contributed by atoms with Gasteiger partial charge in [0, 0.05) is 0 Å². The third-order valence-corrected chi connectivity index (χ3v) is 4.29. The van der Waals surface area contributed by atoms with Crippen LogP contribution in [0, 0.1) is 0 Å². The summed E-state index contributed by atoms with van der Waals surface area (Å²) in [4.78, 5) is 24.7. The van der Waals surface area contributed by atoms with Crippen LogP contribution in [0.4, 0.5) is 0 Å². The first-order valence-corrected chi connectivity index (χ1v) is 9.99. The topological polar surface area (TPSA) is 143 Å². The van der Waals surface area contributed by atoms with E-state index in [0.29, 0.717) is 12.3 Å². The van der Waals surface area contributed by atoms with Crippen molar-refractivity contribution in [3.63, 3.8) is 0 Å². The minimum absolute atomic E-state index is 0.0872. The van der Waals surface area contributed by atoms with Crippen LogP contribution in [0.1, 0.15) is 27.9 Å². The van der Waals surface area contributed by atoms with E-state index in [1.54, 1.807) is 69.7 Å². The van der Waals surface area contributed by atoms with Crippen molar-refractivity contribution in [2.75, 3.05) is 20.8 Å². The van der Waals surface area contributed by atoms with Gasteiger partial charge < -0.3 is 19.3 Å². The third kappa shape index (κ3) is 5.94. The number of benzene rings is 2. The van der Waals surface area contributed by atoms with Crippen LogP contribution < -0.4 is 9.47 Å². The van der Waals surface area contributed by atoms with E-state index in [0.717, 1.165) is 17.2 Å². The van der Waals surface area contributed by atoms with Gasteiger partial charge in [0.1, 0.15) is 11.5 Å². The molecule has 0 aliphatic carbocycles. The highest BCUT2D eigenvalue weighted by Crippen LogP contribution is 2.14. The summed E-state index contributed by atoms with van der Waals surface area (Å²) in [6.45, 7) is 2.06. The molecule has 0 aliphatic rings. The average molecular weight is 466 g/mol. The van der Waals surface area contributed by atoms with Crippen molar-refractivity contribution in [1.82, 2.24) is 30.0 Å². The fourth-order valence-electron chi connectivity index (χ4n) is 2.60. The molecular weight excluding hydrogens is 444 g/mol. The molecule has 2 aromatic carbocycles. The summed E-state index contributed by atoms with van der Waals surface area (Å²) >= 11 is 0. The molecule has 2 aromatic heterocycles. The van der Waals surface area contributed by atoms with Gasteiger partial charge in [0.05, 0.1) is 44.6 Å². The number of hydrogen-bond donors (Lipinski definition) is 1. The highest BCUT2D eigenvalue weighted by atomic mass is 16.5. The number of carboxylic acid groups (broad SMARTS) is 1. The summed E-state index contributed by atoms with van der Waals surface area (Å²) in [6, 6.07) is 14.2. The van der Waals surface area contributed by atoms with Gasteiger partial charge in [0.15, 0.2) is 11.4 Å². The molecule has 4 rings (SSSR count). The Morgan fingerprint density at radius 3 is 1.62 bits per heavy atom. The maximum atomic E-state index is 11.4. The zero-order chi connectivity index (χ0) is 24.5. The number of nitrogens with zero attached hydrogens (tertiary/aromatic N) is 6. The number of carbonyl (C=O) groups excluding carboxylic acids is 1. The van der Waals surface area contributed by atoms with E-state index >= 15 is 0 Å². The molecule has 0 saturated heterocycles. The Kier molecular flexibility index (Phi) is 7.89. The molecule has 12 heteroatoms. The number of methoxy groups -OCH3 is 2. The van der Waals surface area contributed by atoms with Gasteiger partial charge in [-0.15, -0.1) is 10.2 Å². The summed E-state index contributed by atoms with van der Waals surface area (Å²) in [5.74, 6) is -0.108. The van der Waals surface area contributed by atoms with E-state index in [4.69, 9.17) is 19.3 Å². The van der Waals surface area contributed by atoms with Crippen molar-refractivity contribution < 1.29 is 28.9 Å². The number of carboxylic acids is 1. The van der Waals surface area contributed by atoms with Gasteiger partial charge >= 0.3 is 11.9 Å². The van der Waals surface area contributed by atoms with Crippen LogP contribution in [0.5, 0.6) is 11.5 Å². The van der Waals surface area contributed by atoms with E-state index in [-0.39, 0.29) is 11.4 Å². The van der Waals surface area contributed by atoms with E-state index in [2.05, 4.69) is 20.4 Å². The highest BCUT2D eigenvalue weighted by molar-refractivity contribution is 5.86. The van der Waals surface area contributed by atoms with Crippen LogP contribution in [-0.2, 0) is 4.74 Å². The molecule has 0 atom stereocenters. The standard InChI is InChI=1S/C12H13N3O3.C10H9N3O3/c1-3-18-12(16)11-8-13-15(14-11)9-4-6-10(17-2)7-5-9;1-16-8-4-2-7(3-5-8)13-11-6-9(12-13)10(14)15/h4-8H,3H2,1-2H3;2-6H,1H3,(H,14,15). The Morgan fingerprint density at radius 2 is 1.24 bits per heavy atom. The van der Waals surface area contributed by atoms with Crippen molar-refractivity contribution in [1.29, 1.82) is 0 Å². The quantitative estimate of drug-likeness (QED) is 0.403. The van der Waals surface area contributed by atoms with Crippen molar-refractivity contribution in [3.8, 4) is 22.9 Å². The first-order chi connectivity index (χ1) is 16.4. The van der Waals surface area contributed by atoms with E-state index in [9.17, 15) is 9.59 Å². The summed E-state index contributed by atoms with van der Waals surface area (Å²) < 4.78 is 14.9. The minimum atomic E-state index is -1.10. The summed E-state index contributed by atoms with van der Waals surface area (Å²) in [7, 11) is 3.17. The normalized spacial score (nSPS) is 10.1. The number of esters is 1. The number of ether oxygens (including phenoxy) is 3. The summed E-state index contributed by atoms with van der Waals surface area (Å²) in [6.07, 6.45) is 2.58. The molecule has 0 fully saturated rings. The molecule has 0 unspecified atom stereocenters. The van der Waals surface area contributed by atoms with Gasteiger partial charge in [-0.25, -0.2) is 9.59 Å². The van der Waals surface area contributed by atoms with Crippen molar-refractivity contribution in [2.45, 2.75) is 6.92 Å². The maximum absolute atomic E-state index is 11.4. The van der Waals surface area contributed by atoms with E-state index < -0.39 is 11.9 Å². The van der Waals surface area contributed by atoms with Crippen molar-refractivity contribution in [2.24, 2.45) is 0 Å². The fraction of sp³-hybridized carbons (Fsp3) is 0.182. The molecule has 0 spiro atoms.